The number of aromatic nitrogens is 3. The lowest BCUT2D eigenvalue weighted by molar-refractivity contribution is -0.384. The van der Waals surface area contributed by atoms with Crippen LogP contribution in [0.3, 0.4) is 0 Å². The van der Waals surface area contributed by atoms with Crippen LogP contribution < -0.4 is 5.56 Å². The van der Waals surface area contributed by atoms with Crippen molar-refractivity contribution in [3.63, 3.8) is 0 Å². The Labute approximate surface area is 143 Å². The van der Waals surface area contributed by atoms with Crippen LogP contribution in [0.5, 0.6) is 0 Å². The number of nitrogens with one attached hydrogen (secondary N) is 1. The number of benzene rings is 2. The minimum atomic E-state index is -0.604. The summed E-state index contributed by atoms with van der Waals surface area (Å²) < 4.78 is 14.8. The van der Waals surface area contributed by atoms with E-state index < -0.39 is 16.3 Å². The number of hydrogen-bond acceptors (Lipinski definition) is 4. The Morgan fingerprint density at radius 2 is 1.96 bits per heavy atom. The maximum atomic E-state index is 13.2. The Balaban J connectivity index is 2.16. The maximum Gasteiger partial charge on any atom is 0.288 e. The largest absolute Gasteiger partial charge is 0.316 e. The van der Waals surface area contributed by atoms with Crippen LogP contribution in [0, 0.1) is 15.9 Å². The summed E-state index contributed by atoms with van der Waals surface area (Å²) in [5.74, 6) is -0.406. The van der Waals surface area contributed by atoms with E-state index in [2.05, 4.69) is 10.2 Å². The lowest BCUT2D eigenvalue weighted by atomic mass is 10.1. The molecular formula is C16H8ClFN4O3. The van der Waals surface area contributed by atoms with Crippen LogP contribution in [-0.2, 0) is 0 Å². The van der Waals surface area contributed by atoms with Crippen LogP contribution in [0.2, 0.25) is 5.02 Å². The van der Waals surface area contributed by atoms with Crippen molar-refractivity contribution in [2.75, 3.05) is 0 Å². The van der Waals surface area contributed by atoms with Gasteiger partial charge in [-0.3, -0.25) is 14.9 Å². The van der Waals surface area contributed by atoms with Gasteiger partial charge in [0.15, 0.2) is 0 Å². The number of H-pyrrole nitrogens is 1. The first-order valence-corrected chi connectivity index (χ1v) is 7.47. The van der Waals surface area contributed by atoms with Gasteiger partial charge in [-0.25, -0.2) is 9.49 Å². The molecule has 0 bridgehead atoms. The molecule has 0 atom stereocenters. The number of fused-ring (bicyclic) bond motifs is 3. The monoisotopic (exact) mass is 358 g/mol. The smallest absolute Gasteiger partial charge is 0.288 e. The molecule has 0 aliphatic carbocycles. The molecule has 0 amide bonds. The van der Waals surface area contributed by atoms with E-state index in [1.807, 2.05) is 0 Å². The van der Waals surface area contributed by atoms with E-state index in [4.69, 9.17) is 11.6 Å². The average molecular weight is 359 g/mol. The maximum absolute atomic E-state index is 13.2. The van der Waals surface area contributed by atoms with Gasteiger partial charge in [0.1, 0.15) is 16.5 Å². The van der Waals surface area contributed by atoms with E-state index >= 15 is 0 Å². The highest BCUT2D eigenvalue weighted by Gasteiger charge is 2.22. The van der Waals surface area contributed by atoms with Gasteiger partial charge in [0, 0.05) is 23.3 Å². The summed E-state index contributed by atoms with van der Waals surface area (Å²) in [5, 5.41) is 17.8. The van der Waals surface area contributed by atoms with Gasteiger partial charge in [0.25, 0.3) is 11.2 Å². The second kappa shape index (κ2) is 5.38. The zero-order valence-corrected chi connectivity index (χ0v) is 13.1. The molecule has 2 heterocycles. The molecule has 25 heavy (non-hydrogen) atoms. The van der Waals surface area contributed by atoms with Gasteiger partial charge in [-0.2, -0.15) is 5.10 Å². The van der Waals surface area contributed by atoms with Crippen molar-refractivity contribution in [3.05, 3.63) is 73.9 Å². The number of nitro benzene ring substituents is 1. The molecule has 2 aliphatic rings. The lowest BCUT2D eigenvalue weighted by Gasteiger charge is -2.14. The quantitative estimate of drug-likeness (QED) is 0.438. The van der Waals surface area contributed by atoms with Crippen LogP contribution in [0.15, 0.2) is 47.4 Å². The zero-order chi connectivity index (χ0) is 17.7. The summed E-state index contributed by atoms with van der Waals surface area (Å²) in [7, 11) is 0. The predicted octanol–water partition coefficient (Wildman–Crippen LogP) is 3.52. The van der Waals surface area contributed by atoms with Crippen molar-refractivity contribution in [2.24, 2.45) is 0 Å². The van der Waals surface area contributed by atoms with Gasteiger partial charge in [0.05, 0.1) is 16.0 Å². The number of nitrogens with zero attached hydrogens (tertiary/aromatic N) is 3. The van der Waals surface area contributed by atoms with Crippen molar-refractivity contribution in [2.45, 2.75) is 0 Å². The fraction of sp³-hybridized carbons (Fsp3) is 0. The first kappa shape index (κ1) is 15.3. The van der Waals surface area contributed by atoms with Gasteiger partial charge in [0.2, 0.25) is 0 Å². The van der Waals surface area contributed by atoms with Crippen LogP contribution in [-0.4, -0.2) is 19.7 Å². The van der Waals surface area contributed by atoms with Crippen molar-refractivity contribution in [1.29, 1.82) is 0 Å². The van der Waals surface area contributed by atoms with Gasteiger partial charge in [-0.1, -0.05) is 11.6 Å². The Bertz CT molecular complexity index is 1170. The molecule has 0 fully saturated rings. The highest BCUT2D eigenvalue weighted by atomic mass is 35.5. The molecule has 0 saturated carbocycles. The van der Waals surface area contributed by atoms with Gasteiger partial charge in [-0.05, 0) is 30.3 Å². The minimum Gasteiger partial charge on any atom is -0.316 e. The van der Waals surface area contributed by atoms with Crippen LogP contribution >= 0.6 is 11.6 Å². The van der Waals surface area contributed by atoms with Crippen LogP contribution in [0.4, 0.5) is 10.1 Å². The standard InChI is InChI=1S/C16H8ClFN4O3/c17-12-6-13-10(5-14(12)22(24)25)15-11(16(23)20-19-15)7-21(13)9-3-1-8(18)2-4-9/h1-7H,(H,20,23). The Hall–Kier alpha value is -3.26. The van der Waals surface area contributed by atoms with E-state index in [9.17, 15) is 19.3 Å². The van der Waals surface area contributed by atoms with Crippen LogP contribution in [0.1, 0.15) is 0 Å². The second-order valence-electron chi connectivity index (χ2n) is 5.37. The molecule has 0 unspecified atom stereocenters. The summed E-state index contributed by atoms with van der Waals surface area (Å²) in [5.41, 5.74) is 0.916. The Morgan fingerprint density at radius 1 is 1.24 bits per heavy atom. The van der Waals surface area contributed by atoms with Crippen LogP contribution in [0.25, 0.3) is 27.8 Å². The molecule has 9 heteroatoms. The van der Waals surface area contributed by atoms with E-state index in [1.54, 1.807) is 10.8 Å². The van der Waals surface area contributed by atoms with Gasteiger partial charge >= 0.3 is 0 Å². The number of nitro groups is 1. The van der Waals surface area contributed by atoms with E-state index in [0.717, 1.165) is 0 Å². The zero-order valence-electron chi connectivity index (χ0n) is 12.4. The van der Waals surface area contributed by atoms with E-state index in [0.29, 0.717) is 22.3 Å². The topological polar surface area (TPSA) is 93.8 Å². The van der Waals surface area contributed by atoms with Crippen molar-refractivity contribution in [1.82, 2.24) is 14.8 Å². The van der Waals surface area contributed by atoms with Gasteiger partial charge in [-0.15, -0.1) is 0 Å². The highest BCUT2D eigenvalue weighted by molar-refractivity contribution is 6.33. The normalized spacial score (nSPS) is 11.3. The molecule has 2 aromatic carbocycles. The molecule has 0 aromatic heterocycles. The summed E-state index contributed by atoms with van der Waals surface area (Å²) in [4.78, 5) is 22.6. The Morgan fingerprint density at radius 3 is 2.64 bits per heavy atom. The fourth-order valence-electron chi connectivity index (χ4n) is 2.75. The number of aromatic amines is 1. The number of halogens is 2. The molecule has 124 valence electrons. The third-order valence-corrected chi connectivity index (χ3v) is 4.21. The molecule has 0 saturated heterocycles. The minimum absolute atomic E-state index is 0.0504. The first-order chi connectivity index (χ1) is 12.0. The summed E-state index contributed by atoms with van der Waals surface area (Å²) in [6.07, 6.45) is 1.54. The molecule has 7 nitrogen and oxygen atoms in total. The number of pyridine rings is 1. The fourth-order valence-corrected chi connectivity index (χ4v) is 2.98. The predicted molar refractivity (Wildman–Crippen MR) is 89.9 cm³/mol. The summed E-state index contributed by atoms with van der Waals surface area (Å²) in [6.45, 7) is 0. The van der Waals surface area contributed by atoms with Crippen molar-refractivity contribution < 1.29 is 9.31 Å². The molecule has 1 N–H and O–H groups in total. The molecule has 0 radical (unpaired) electrons. The second-order valence-corrected chi connectivity index (χ2v) is 5.78. The number of hydrogen-bond donors (Lipinski definition) is 1. The van der Waals surface area contributed by atoms with Crippen molar-refractivity contribution in [3.8, 4) is 16.9 Å². The summed E-state index contributed by atoms with van der Waals surface area (Å²) >= 11 is 6.03. The van der Waals surface area contributed by atoms with Crippen molar-refractivity contribution >= 4 is 28.2 Å². The SMILES string of the molecule is O=c1[nH]nc2c3cc([N+](=O)[O-])c(Cl)cc3n(-c3ccc(F)cc3)cc1-2. The Kier molecular flexibility index (Phi) is 3.29. The third kappa shape index (κ3) is 2.34. The molecule has 2 aromatic rings. The lowest BCUT2D eigenvalue weighted by Crippen LogP contribution is -2.06. The van der Waals surface area contributed by atoms with E-state index in [1.165, 1.54) is 36.4 Å². The molecule has 4 rings (SSSR count). The molecule has 2 aliphatic heterocycles. The van der Waals surface area contributed by atoms with Gasteiger partial charge < -0.3 is 4.57 Å². The third-order valence-electron chi connectivity index (χ3n) is 3.91. The number of rotatable bonds is 2. The molecule has 0 spiro atoms. The first-order valence-electron chi connectivity index (χ1n) is 7.09. The summed E-state index contributed by atoms with van der Waals surface area (Å²) in [6, 6.07) is 8.32. The average Bonchev–Trinajstić information content (AvgIpc) is 2.95. The highest BCUT2D eigenvalue weighted by Crippen LogP contribution is 2.35. The molecular weight excluding hydrogens is 351 g/mol. The van der Waals surface area contributed by atoms with E-state index in [-0.39, 0.29) is 16.3 Å².